The van der Waals surface area contributed by atoms with Gasteiger partial charge in [0.15, 0.2) is 0 Å². The fraction of sp³-hybridized carbons (Fsp3) is 0.647. The molecule has 0 aliphatic heterocycles. The molecule has 1 aliphatic rings. The SMILES string of the molecule is CCCC1CCC(NC(C)c2ccc(F)cc2Cl)CC1. The Morgan fingerprint density at radius 2 is 2.00 bits per heavy atom. The van der Waals surface area contributed by atoms with Gasteiger partial charge in [0, 0.05) is 17.1 Å². The van der Waals surface area contributed by atoms with E-state index < -0.39 is 0 Å². The Morgan fingerprint density at radius 1 is 1.30 bits per heavy atom. The van der Waals surface area contributed by atoms with Gasteiger partial charge in [-0.1, -0.05) is 37.4 Å². The monoisotopic (exact) mass is 297 g/mol. The molecule has 20 heavy (non-hydrogen) atoms. The largest absolute Gasteiger partial charge is 0.307 e. The van der Waals surface area contributed by atoms with Crippen LogP contribution in [0.5, 0.6) is 0 Å². The van der Waals surface area contributed by atoms with Crippen LogP contribution in [0.15, 0.2) is 18.2 Å². The summed E-state index contributed by atoms with van der Waals surface area (Å²) in [5.74, 6) is 0.647. The summed E-state index contributed by atoms with van der Waals surface area (Å²) in [6, 6.07) is 5.41. The summed E-state index contributed by atoms with van der Waals surface area (Å²) < 4.78 is 13.1. The fourth-order valence-corrected chi connectivity index (χ4v) is 3.65. The van der Waals surface area contributed by atoms with Crippen molar-refractivity contribution in [3.8, 4) is 0 Å². The molecule has 0 amide bonds. The predicted molar refractivity (Wildman–Crippen MR) is 83.6 cm³/mol. The topological polar surface area (TPSA) is 12.0 Å². The van der Waals surface area contributed by atoms with Gasteiger partial charge in [-0.3, -0.25) is 0 Å². The molecule has 0 bridgehead atoms. The van der Waals surface area contributed by atoms with Crippen LogP contribution in [0.2, 0.25) is 5.02 Å². The van der Waals surface area contributed by atoms with E-state index in [-0.39, 0.29) is 11.9 Å². The zero-order valence-corrected chi connectivity index (χ0v) is 13.2. The molecule has 2 rings (SSSR count). The van der Waals surface area contributed by atoms with Crippen molar-refractivity contribution in [2.24, 2.45) is 5.92 Å². The first kappa shape index (κ1) is 15.8. The zero-order valence-electron chi connectivity index (χ0n) is 12.5. The molecule has 1 atom stereocenters. The van der Waals surface area contributed by atoms with Crippen LogP contribution in [0.1, 0.15) is 64.0 Å². The van der Waals surface area contributed by atoms with Crippen LogP contribution in [0.3, 0.4) is 0 Å². The lowest BCUT2D eigenvalue weighted by molar-refractivity contribution is 0.266. The maximum Gasteiger partial charge on any atom is 0.124 e. The Kier molecular flexibility index (Phi) is 5.86. The van der Waals surface area contributed by atoms with Crippen molar-refractivity contribution in [1.82, 2.24) is 5.32 Å². The van der Waals surface area contributed by atoms with Gasteiger partial charge in [-0.05, 0) is 56.2 Å². The standard InChI is InChI=1S/C17H25ClFN/c1-3-4-13-5-8-15(9-6-13)20-12(2)16-10-7-14(19)11-17(16)18/h7,10-13,15,20H,3-6,8-9H2,1-2H3. The molecule has 1 aliphatic carbocycles. The summed E-state index contributed by atoms with van der Waals surface area (Å²) in [6.45, 7) is 4.38. The number of rotatable bonds is 5. The molecule has 1 saturated carbocycles. The second kappa shape index (κ2) is 7.42. The Balaban J connectivity index is 1.87. The van der Waals surface area contributed by atoms with Crippen molar-refractivity contribution in [2.45, 2.75) is 64.5 Å². The van der Waals surface area contributed by atoms with Gasteiger partial charge >= 0.3 is 0 Å². The molecule has 112 valence electrons. The van der Waals surface area contributed by atoms with E-state index in [4.69, 9.17) is 11.6 Å². The fourth-order valence-electron chi connectivity index (χ4n) is 3.32. The van der Waals surface area contributed by atoms with Crippen LogP contribution < -0.4 is 5.32 Å². The van der Waals surface area contributed by atoms with Crippen molar-refractivity contribution in [3.05, 3.63) is 34.6 Å². The number of benzene rings is 1. The normalized spacial score (nSPS) is 24.6. The number of nitrogens with one attached hydrogen (secondary N) is 1. The van der Waals surface area contributed by atoms with Crippen LogP contribution in [-0.4, -0.2) is 6.04 Å². The molecule has 1 unspecified atom stereocenters. The average Bonchev–Trinajstić information content (AvgIpc) is 2.41. The minimum Gasteiger partial charge on any atom is -0.307 e. The molecule has 1 N–H and O–H groups in total. The first-order chi connectivity index (χ1) is 9.60. The van der Waals surface area contributed by atoms with E-state index in [9.17, 15) is 4.39 Å². The third-order valence-corrected chi connectivity index (χ3v) is 4.79. The van der Waals surface area contributed by atoms with Crippen molar-refractivity contribution in [1.29, 1.82) is 0 Å². The summed E-state index contributed by atoms with van der Waals surface area (Å²) in [4.78, 5) is 0. The number of hydrogen-bond acceptors (Lipinski definition) is 1. The van der Waals surface area contributed by atoms with E-state index in [2.05, 4.69) is 19.2 Å². The molecule has 0 saturated heterocycles. The highest BCUT2D eigenvalue weighted by atomic mass is 35.5. The minimum atomic E-state index is -0.272. The van der Waals surface area contributed by atoms with Crippen LogP contribution >= 0.6 is 11.6 Å². The summed E-state index contributed by atoms with van der Waals surface area (Å²) >= 11 is 6.13. The smallest absolute Gasteiger partial charge is 0.124 e. The Labute approximate surface area is 126 Å². The molecule has 1 fully saturated rings. The molecule has 1 aromatic carbocycles. The van der Waals surface area contributed by atoms with Gasteiger partial charge in [0.2, 0.25) is 0 Å². The zero-order chi connectivity index (χ0) is 14.5. The molecular weight excluding hydrogens is 273 g/mol. The lowest BCUT2D eigenvalue weighted by Crippen LogP contribution is -2.35. The van der Waals surface area contributed by atoms with E-state index in [1.807, 2.05) is 0 Å². The van der Waals surface area contributed by atoms with Crippen molar-refractivity contribution < 1.29 is 4.39 Å². The van der Waals surface area contributed by atoms with Crippen LogP contribution in [0, 0.1) is 11.7 Å². The van der Waals surface area contributed by atoms with Crippen molar-refractivity contribution >= 4 is 11.6 Å². The Morgan fingerprint density at radius 3 is 2.60 bits per heavy atom. The number of halogens is 2. The Hall–Kier alpha value is -0.600. The molecule has 0 aromatic heterocycles. The van der Waals surface area contributed by atoms with Gasteiger partial charge in [-0.15, -0.1) is 0 Å². The van der Waals surface area contributed by atoms with Gasteiger partial charge in [0.05, 0.1) is 0 Å². The highest BCUT2D eigenvalue weighted by Gasteiger charge is 2.22. The quantitative estimate of drug-likeness (QED) is 0.758. The van der Waals surface area contributed by atoms with Gasteiger partial charge in [0.1, 0.15) is 5.82 Å². The molecule has 3 heteroatoms. The lowest BCUT2D eigenvalue weighted by atomic mass is 9.83. The van der Waals surface area contributed by atoms with Gasteiger partial charge in [0.25, 0.3) is 0 Å². The molecular formula is C17H25ClFN. The van der Waals surface area contributed by atoms with E-state index in [1.54, 1.807) is 6.07 Å². The first-order valence-electron chi connectivity index (χ1n) is 7.81. The summed E-state index contributed by atoms with van der Waals surface area (Å²) in [7, 11) is 0. The van der Waals surface area contributed by atoms with E-state index in [0.29, 0.717) is 11.1 Å². The average molecular weight is 298 g/mol. The molecule has 0 radical (unpaired) electrons. The van der Waals surface area contributed by atoms with Crippen molar-refractivity contribution in [2.75, 3.05) is 0 Å². The minimum absolute atomic E-state index is 0.177. The van der Waals surface area contributed by atoms with E-state index in [0.717, 1.165) is 11.5 Å². The van der Waals surface area contributed by atoms with Gasteiger partial charge < -0.3 is 5.32 Å². The third kappa shape index (κ3) is 4.20. The maximum absolute atomic E-state index is 13.1. The second-order valence-corrected chi connectivity index (χ2v) is 6.47. The molecule has 0 spiro atoms. The predicted octanol–water partition coefficient (Wildman–Crippen LogP) is 5.49. The molecule has 1 aromatic rings. The first-order valence-corrected chi connectivity index (χ1v) is 8.19. The second-order valence-electron chi connectivity index (χ2n) is 6.06. The van der Waals surface area contributed by atoms with Crippen LogP contribution in [0.4, 0.5) is 4.39 Å². The molecule has 0 heterocycles. The third-order valence-electron chi connectivity index (χ3n) is 4.46. The van der Waals surface area contributed by atoms with Gasteiger partial charge in [-0.25, -0.2) is 4.39 Å². The Bertz CT molecular complexity index is 427. The van der Waals surface area contributed by atoms with Gasteiger partial charge in [-0.2, -0.15) is 0 Å². The van der Waals surface area contributed by atoms with Crippen LogP contribution in [-0.2, 0) is 0 Å². The summed E-state index contributed by atoms with van der Waals surface area (Å²) in [5, 5.41) is 4.17. The molecule has 1 nitrogen and oxygen atoms in total. The van der Waals surface area contributed by atoms with E-state index in [1.165, 1.54) is 50.7 Å². The highest BCUT2D eigenvalue weighted by molar-refractivity contribution is 6.31. The number of hydrogen-bond donors (Lipinski definition) is 1. The summed E-state index contributed by atoms with van der Waals surface area (Å²) in [5.41, 5.74) is 0.990. The summed E-state index contributed by atoms with van der Waals surface area (Å²) in [6.07, 6.45) is 7.81. The lowest BCUT2D eigenvalue weighted by Gasteiger charge is -2.31. The van der Waals surface area contributed by atoms with E-state index >= 15 is 0 Å². The van der Waals surface area contributed by atoms with Crippen molar-refractivity contribution in [3.63, 3.8) is 0 Å². The highest BCUT2D eigenvalue weighted by Crippen LogP contribution is 2.30. The van der Waals surface area contributed by atoms with Crippen LogP contribution in [0.25, 0.3) is 0 Å². The maximum atomic E-state index is 13.1.